The molecule has 1 aromatic heterocycles. The first-order chi connectivity index (χ1) is 16.1. The number of carbonyl (C=O) groups excluding carboxylic acids is 1. The Morgan fingerprint density at radius 3 is 2.36 bits per heavy atom. The van der Waals surface area contributed by atoms with E-state index >= 15 is 0 Å². The van der Waals surface area contributed by atoms with Gasteiger partial charge >= 0.3 is 0 Å². The van der Waals surface area contributed by atoms with Gasteiger partial charge in [0.25, 0.3) is 5.91 Å². The fraction of sp³-hybridized carbons (Fsp3) is 0.160. The summed E-state index contributed by atoms with van der Waals surface area (Å²) in [7, 11) is 3.41. The first kappa shape index (κ1) is 22.0. The summed E-state index contributed by atoms with van der Waals surface area (Å²) in [6.45, 7) is 1.91. The van der Waals surface area contributed by atoms with Crippen LogP contribution in [0.15, 0.2) is 73.1 Å². The Bertz CT molecular complexity index is 1250. The summed E-state index contributed by atoms with van der Waals surface area (Å²) < 4.78 is 11.4. The first-order valence-electron chi connectivity index (χ1n) is 10.5. The van der Waals surface area contributed by atoms with Crippen molar-refractivity contribution < 1.29 is 14.3 Å². The van der Waals surface area contributed by atoms with Crippen LogP contribution >= 0.6 is 0 Å². The van der Waals surface area contributed by atoms with Crippen molar-refractivity contribution >= 4 is 34.0 Å². The molecular formula is C25H25N5O3. The van der Waals surface area contributed by atoms with Crippen molar-refractivity contribution in [3.05, 3.63) is 78.6 Å². The van der Waals surface area contributed by atoms with Gasteiger partial charge in [-0.3, -0.25) is 10.1 Å². The second-order valence-electron chi connectivity index (χ2n) is 7.31. The minimum Gasteiger partial charge on any atom is -0.493 e. The van der Waals surface area contributed by atoms with Crippen LogP contribution < -0.4 is 25.4 Å². The Morgan fingerprint density at radius 2 is 1.67 bits per heavy atom. The molecule has 0 aliphatic carbocycles. The van der Waals surface area contributed by atoms with Crippen LogP contribution in [0.4, 0.5) is 17.2 Å². The molecule has 0 radical (unpaired) electrons. The number of amides is 1. The molecule has 168 valence electrons. The lowest BCUT2D eigenvalue weighted by atomic mass is 10.2. The molecule has 8 heteroatoms. The molecule has 1 heterocycles. The third-order valence-corrected chi connectivity index (χ3v) is 5.07. The number of anilines is 3. The maximum Gasteiger partial charge on any atom is 0.255 e. The fourth-order valence-corrected chi connectivity index (χ4v) is 3.23. The minimum atomic E-state index is -0.184. The van der Waals surface area contributed by atoms with E-state index in [1.165, 1.54) is 6.33 Å². The number of hydrogen-bond acceptors (Lipinski definition) is 7. The predicted molar refractivity (Wildman–Crippen MR) is 129 cm³/mol. The first-order valence-corrected chi connectivity index (χ1v) is 10.5. The van der Waals surface area contributed by atoms with Crippen molar-refractivity contribution in [2.45, 2.75) is 13.2 Å². The van der Waals surface area contributed by atoms with Gasteiger partial charge in [0.1, 0.15) is 18.4 Å². The number of carbonyl (C=O) groups is 1. The van der Waals surface area contributed by atoms with Crippen LogP contribution in [0, 0.1) is 0 Å². The second kappa shape index (κ2) is 9.97. The number of nitrogens with zero attached hydrogens (tertiary/aromatic N) is 2. The molecule has 0 fully saturated rings. The van der Waals surface area contributed by atoms with Crippen LogP contribution in [0.1, 0.15) is 17.3 Å². The SMILES string of the molecule is CNC(C)Oc1cc2ncnc(Nc3ccc(NC(=O)c4ccccc4)cc3)c2cc1OC. The summed E-state index contributed by atoms with van der Waals surface area (Å²) in [6, 6.07) is 20.2. The average molecular weight is 444 g/mol. The van der Waals surface area contributed by atoms with E-state index in [4.69, 9.17) is 9.47 Å². The molecule has 3 aromatic carbocycles. The van der Waals surface area contributed by atoms with E-state index in [0.29, 0.717) is 28.6 Å². The van der Waals surface area contributed by atoms with Crippen molar-refractivity contribution in [3.8, 4) is 11.5 Å². The van der Waals surface area contributed by atoms with E-state index in [-0.39, 0.29) is 12.1 Å². The van der Waals surface area contributed by atoms with Crippen LogP contribution in [0.2, 0.25) is 0 Å². The Labute approximate surface area is 192 Å². The molecule has 0 saturated heterocycles. The third-order valence-electron chi connectivity index (χ3n) is 5.07. The third kappa shape index (κ3) is 5.19. The molecule has 0 spiro atoms. The Balaban J connectivity index is 1.54. The van der Waals surface area contributed by atoms with Crippen LogP contribution in [0.3, 0.4) is 0 Å². The topological polar surface area (TPSA) is 97.4 Å². The number of rotatable bonds is 8. The fourth-order valence-electron chi connectivity index (χ4n) is 3.23. The van der Waals surface area contributed by atoms with E-state index in [9.17, 15) is 4.79 Å². The van der Waals surface area contributed by atoms with Gasteiger partial charge in [-0.25, -0.2) is 9.97 Å². The van der Waals surface area contributed by atoms with Crippen LogP contribution in [-0.4, -0.2) is 36.3 Å². The average Bonchev–Trinajstić information content (AvgIpc) is 2.85. The number of hydrogen-bond donors (Lipinski definition) is 3. The molecule has 1 amide bonds. The number of ether oxygens (including phenoxy) is 2. The van der Waals surface area contributed by atoms with Crippen LogP contribution in [0.25, 0.3) is 10.9 Å². The van der Waals surface area contributed by atoms with E-state index < -0.39 is 0 Å². The van der Waals surface area contributed by atoms with Gasteiger partial charge in [0, 0.05) is 28.4 Å². The smallest absolute Gasteiger partial charge is 0.255 e. The molecule has 4 rings (SSSR count). The zero-order chi connectivity index (χ0) is 23.2. The highest BCUT2D eigenvalue weighted by Gasteiger charge is 2.14. The lowest BCUT2D eigenvalue weighted by Gasteiger charge is -2.17. The Kier molecular flexibility index (Phi) is 6.66. The molecule has 33 heavy (non-hydrogen) atoms. The molecule has 3 N–H and O–H groups in total. The highest BCUT2D eigenvalue weighted by Crippen LogP contribution is 2.35. The molecule has 0 bridgehead atoms. The molecule has 8 nitrogen and oxygen atoms in total. The van der Waals surface area contributed by atoms with Gasteiger partial charge in [0.05, 0.1) is 12.6 Å². The summed E-state index contributed by atoms with van der Waals surface area (Å²) in [6.07, 6.45) is 1.31. The molecule has 0 saturated carbocycles. The standard InChI is InChI=1S/C25H25N5O3/c1-16(26-2)33-23-14-21-20(13-22(23)32-3)24(28-15-27-21)29-18-9-11-19(12-10-18)30-25(31)17-7-5-4-6-8-17/h4-16,26H,1-3H3,(H,30,31)(H,27,28,29). The highest BCUT2D eigenvalue weighted by atomic mass is 16.5. The van der Waals surface area contributed by atoms with E-state index in [1.54, 1.807) is 19.2 Å². The monoisotopic (exact) mass is 443 g/mol. The Hall–Kier alpha value is -4.17. The molecule has 1 atom stereocenters. The van der Waals surface area contributed by atoms with E-state index in [0.717, 1.165) is 16.6 Å². The van der Waals surface area contributed by atoms with Gasteiger partial charge in [-0.05, 0) is 56.4 Å². The molecular weight excluding hydrogens is 418 g/mol. The molecule has 0 aliphatic rings. The summed E-state index contributed by atoms with van der Waals surface area (Å²) in [4.78, 5) is 21.1. The zero-order valence-corrected chi connectivity index (χ0v) is 18.6. The normalized spacial score (nSPS) is 11.6. The number of benzene rings is 3. The minimum absolute atomic E-state index is 0.157. The van der Waals surface area contributed by atoms with Crippen molar-refractivity contribution in [1.29, 1.82) is 0 Å². The summed E-state index contributed by atoms with van der Waals surface area (Å²) in [5.41, 5.74) is 2.84. The summed E-state index contributed by atoms with van der Waals surface area (Å²) in [5.74, 6) is 1.65. The number of nitrogens with one attached hydrogen (secondary N) is 3. The largest absolute Gasteiger partial charge is 0.493 e. The van der Waals surface area contributed by atoms with Crippen molar-refractivity contribution in [3.63, 3.8) is 0 Å². The molecule has 1 unspecified atom stereocenters. The van der Waals surface area contributed by atoms with Gasteiger partial charge in [0.2, 0.25) is 0 Å². The number of fused-ring (bicyclic) bond motifs is 1. The Morgan fingerprint density at radius 1 is 0.939 bits per heavy atom. The van der Waals surface area contributed by atoms with Gasteiger partial charge in [-0.15, -0.1) is 0 Å². The lowest BCUT2D eigenvalue weighted by molar-refractivity contribution is 0.102. The maximum absolute atomic E-state index is 12.3. The summed E-state index contributed by atoms with van der Waals surface area (Å²) in [5, 5.41) is 10.0. The van der Waals surface area contributed by atoms with Crippen molar-refractivity contribution in [1.82, 2.24) is 15.3 Å². The van der Waals surface area contributed by atoms with Crippen LogP contribution in [-0.2, 0) is 0 Å². The zero-order valence-electron chi connectivity index (χ0n) is 18.6. The lowest BCUT2D eigenvalue weighted by Crippen LogP contribution is -2.27. The van der Waals surface area contributed by atoms with Gasteiger partial charge < -0.3 is 20.1 Å². The van der Waals surface area contributed by atoms with Gasteiger partial charge in [-0.2, -0.15) is 0 Å². The van der Waals surface area contributed by atoms with E-state index in [2.05, 4.69) is 25.9 Å². The highest BCUT2D eigenvalue weighted by molar-refractivity contribution is 6.04. The second-order valence-corrected chi connectivity index (χ2v) is 7.31. The van der Waals surface area contributed by atoms with Gasteiger partial charge in [0.15, 0.2) is 11.5 Å². The van der Waals surface area contributed by atoms with E-state index in [1.807, 2.05) is 68.6 Å². The van der Waals surface area contributed by atoms with Crippen LogP contribution in [0.5, 0.6) is 11.5 Å². The quantitative estimate of drug-likeness (QED) is 0.343. The summed E-state index contributed by atoms with van der Waals surface area (Å²) >= 11 is 0. The maximum atomic E-state index is 12.3. The predicted octanol–water partition coefficient (Wildman–Crippen LogP) is 4.58. The number of aromatic nitrogens is 2. The van der Waals surface area contributed by atoms with Crippen molar-refractivity contribution in [2.24, 2.45) is 0 Å². The van der Waals surface area contributed by atoms with Gasteiger partial charge in [-0.1, -0.05) is 18.2 Å². The molecule has 0 aliphatic heterocycles. The molecule has 4 aromatic rings. The number of methoxy groups -OCH3 is 1. The van der Waals surface area contributed by atoms with Crippen molar-refractivity contribution in [2.75, 3.05) is 24.8 Å².